The second-order valence-electron chi connectivity index (χ2n) is 6.15. The molecule has 114 valence electrons. The molecule has 22 heavy (non-hydrogen) atoms. The van der Waals surface area contributed by atoms with E-state index in [1.807, 2.05) is 36.4 Å². The molecule has 3 atom stereocenters. The molecule has 1 saturated carbocycles. The van der Waals surface area contributed by atoms with E-state index in [9.17, 15) is 4.79 Å². The van der Waals surface area contributed by atoms with Gasteiger partial charge in [0.2, 0.25) is 5.91 Å². The van der Waals surface area contributed by atoms with Crippen LogP contribution in [-0.4, -0.2) is 28.1 Å². The van der Waals surface area contributed by atoms with E-state index in [4.69, 9.17) is 0 Å². The molecular weight excluding hydrogens is 276 g/mol. The summed E-state index contributed by atoms with van der Waals surface area (Å²) >= 11 is 0. The number of H-pyrrole nitrogens is 1. The van der Waals surface area contributed by atoms with Crippen molar-refractivity contribution in [3.63, 3.8) is 0 Å². The maximum atomic E-state index is 12.2. The van der Waals surface area contributed by atoms with Gasteiger partial charge in [0.1, 0.15) is 5.82 Å². The summed E-state index contributed by atoms with van der Waals surface area (Å²) in [7, 11) is 0. The SMILES string of the molecule is O=C1NC(/C=C/c2nc3ccccc3[nH]2)NC2CCCCC12. The van der Waals surface area contributed by atoms with Crippen molar-refractivity contribution in [2.24, 2.45) is 5.92 Å². The van der Waals surface area contributed by atoms with Crippen LogP contribution in [0.25, 0.3) is 17.1 Å². The number of nitrogens with one attached hydrogen (secondary N) is 3. The maximum Gasteiger partial charge on any atom is 0.226 e. The first kappa shape index (κ1) is 13.5. The van der Waals surface area contributed by atoms with Crippen LogP contribution in [0.2, 0.25) is 0 Å². The van der Waals surface area contributed by atoms with Gasteiger partial charge in [0.25, 0.3) is 0 Å². The molecule has 3 unspecified atom stereocenters. The quantitative estimate of drug-likeness (QED) is 0.795. The molecule has 2 fully saturated rings. The number of imidazole rings is 1. The number of aromatic nitrogens is 2. The summed E-state index contributed by atoms with van der Waals surface area (Å²) < 4.78 is 0. The third kappa shape index (κ3) is 2.52. The zero-order valence-electron chi connectivity index (χ0n) is 12.4. The Balaban J connectivity index is 1.49. The first-order valence-corrected chi connectivity index (χ1v) is 7.99. The molecule has 1 aromatic heterocycles. The number of carbonyl (C=O) groups excluding carboxylic acids is 1. The van der Waals surface area contributed by atoms with Crippen molar-refractivity contribution >= 4 is 23.0 Å². The minimum atomic E-state index is -0.111. The lowest BCUT2D eigenvalue weighted by Crippen LogP contribution is -2.61. The predicted octanol–water partition coefficient (Wildman–Crippen LogP) is 2.18. The standard InChI is InChI=1S/C17H20N4O/c22-17-11-5-1-2-6-12(11)18-16(21-17)10-9-15-19-13-7-3-4-8-14(13)20-15/h3-4,7-12,16,18H,1-2,5-6H2,(H,19,20)(H,21,22)/b10-9+. The van der Waals surface area contributed by atoms with E-state index in [0.29, 0.717) is 6.04 Å². The molecule has 0 spiro atoms. The number of rotatable bonds is 2. The number of amides is 1. The lowest BCUT2D eigenvalue weighted by Gasteiger charge is -2.39. The molecule has 3 N–H and O–H groups in total. The molecule has 5 nitrogen and oxygen atoms in total. The normalized spacial score (nSPS) is 28.7. The van der Waals surface area contributed by atoms with E-state index >= 15 is 0 Å². The van der Waals surface area contributed by atoms with Gasteiger partial charge < -0.3 is 10.3 Å². The first-order valence-electron chi connectivity index (χ1n) is 7.99. The summed E-state index contributed by atoms with van der Waals surface area (Å²) in [4.78, 5) is 20.0. The zero-order valence-corrected chi connectivity index (χ0v) is 12.4. The summed E-state index contributed by atoms with van der Waals surface area (Å²) in [5, 5.41) is 6.57. The van der Waals surface area contributed by atoms with E-state index in [2.05, 4.69) is 20.6 Å². The third-order valence-corrected chi connectivity index (χ3v) is 4.65. The smallest absolute Gasteiger partial charge is 0.226 e. The van der Waals surface area contributed by atoms with Crippen molar-refractivity contribution in [3.05, 3.63) is 36.2 Å². The summed E-state index contributed by atoms with van der Waals surface area (Å²) in [6, 6.07) is 8.26. The van der Waals surface area contributed by atoms with E-state index in [1.54, 1.807) is 0 Å². The van der Waals surface area contributed by atoms with Crippen LogP contribution in [-0.2, 0) is 4.79 Å². The van der Waals surface area contributed by atoms with Crippen LogP contribution in [0.4, 0.5) is 0 Å². The summed E-state index contributed by atoms with van der Waals surface area (Å²) in [6.07, 6.45) is 8.26. The number of carbonyl (C=O) groups is 1. The Morgan fingerprint density at radius 1 is 1.18 bits per heavy atom. The van der Waals surface area contributed by atoms with Crippen LogP contribution in [0.15, 0.2) is 30.3 Å². The Labute approximate surface area is 129 Å². The van der Waals surface area contributed by atoms with Crippen molar-refractivity contribution in [3.8, 4) is 0 Å². The highest BCUT2D eigenvalue weighted by atomic mass is 16.2. The average Bonchev–Trinajstić information content (AvgIpc) is 2.96. The molecular formula is C17H20N4O. The Morgan fingerprint density at radius 3 is 2.95 bits per heavy atom. The molecule has 5 heteroatoms. The molecule has 1 aromatic carbocycles. The first-order chi connectivity index (χ1) is 10.8. The van der Waals surface area contributed by atoms with Crippen molar-refractivity contribution in [2.45, 2.75) is 37.9 Å². The summed E-state index contributed by atoms with van der Waals surface area (Å²) in [5.74, 6) is 1.13. The van der Waals surface area contributed by atoms with E-state index in [-0.39, 0.29) is 18.0 Å². The Hall–Kier alpha value is -2.14. The number of benzene rings is 1. The topological polar surface area (TPSA) is 69.8 Å². The fourth-order valence-electron chi connectivity index (χ4n) is 3.52. The van der Waals surface area contributed by atoms with Gasteiger partial charge in [-0.25, -0.2) is 4.98 Å². The Bertz CT molecular complexity index is 687. The molecule has 0 bridgehead atoms. The van der Waals surface area contributed by atoms with Crippen molar-refractivity contribution in [2.75, 3.05) is 0 Å². The van der Waals surface area contributed by atoms with Crippen molar-refractivity contribution in [1.29, 1.82) is 0 Å². The maximum absolute atomic E-state index is 12.2. The van der Waals surface area contributed by atoms with Gasteiger partial charge in [-0.15, -0.1) is 0 Å². The second kappa shape index (κ2) is 5.57. The Kier molecular flexibility index (Phi) is 3.42. The highest BCUT2D eigenvalue weighted by Crippen LogP contribution is 2.27. The number of hydrogen-bond donors (Lipinski definition) is 3. The highest BCUT2D eigenvalue weighted by molar-refractivity contribution is 5.81. The summed E-state index contributed by atoms with van der Waals surface area (Å²) in [5.41, 5.74) is 1.98. The monoisotopic (exact) mass is 296 g/mol. The molecule has 1 saturated heterocycles. The molecule has 1 aliphatic heterocycles. The number of hydrogen-bond acceptors (Lipinski definition) is 3. The van der Waals surface area contributed by atoms with Gasteiger partial charge in [0.05, 0.1) is 23.1 Å². The predicted molar refractivity (Wildman–Crippen MR) is 85.9 cm³/mol. The van der Waals surface area contributed by atoms with Gasteiger partial charge >= 0.3 is 0 Å². The molecule has 2 heterocycles. The highest BCUT2D eigenvalue weighted by Gasteiger charge is 2.36. The number of aromatic amines is 1. The fourth-order valence-corrected chi connectivity index (χ4v) is 3.52. The van der Waals surface area contributed by atoms with Crippen LogP contribution in [0.3, 0.4) is 0 Å². The minimum absolute atomic E-state index is 0.111. The van der Waals surface area contributed by atoms with Crippen molar-refractivity contribution in [1.82, 2.24) is 20.6 Å². The van der Waals surface area contributed by atoms with Gasteiger partial charge in [-0.1, -0.05) is 25.0 Å². The molecule has 2 aromatic rings. The van der Waals surface area contributed by atoms with Crippen LogP contribution in [0, 0.1) is 5.92 Å². The number of para-hydroxylation sites is 2. The van der Waals surface area contributed by atoms with Crippen LogP contribution < -0.4 is 10.6 Å². The van der Waals surface area contributed by atoms with E-state index < -0.39 is 0 Å². The Morgan fingerprint density at radius 2 is 2.05 bits per heavy atom. The van der Waals surface area contributed by atoms with Gasteiger partial charge in [0.15, 0.2) is 0 Å². The molecule has 0 radical (unpaired) electrons. The second-order valence-corrected chi connectivity index (χ2v) is 6.15. The van der Waals surface area contributed by atoms with Crippen LogP contribution >= 0.6 is 0 Å². The van der Waals surface area contributed by atoms with Gasteiger partial charge in [0, 0.05) is 6.04 Å². The number of nitrogens with zero attached hydrogens (tertiary/aromatic N) is 1. The molecule has 1 amide bonds. The van der Waals surface area contributed by atoms with Gasteiger partial charge in [-0.2, -0.15) is 0 Å². The largest absolute Gasteiger partial charge is 0.338 e. The average molecular weight is 296 g/mol. The lowest BCUT2D eigenvalue weighted by molar-refractivity contribution is -0.130. The summed E-state index contributed by atoms with van der Waals surface area (Å²) in [6.45, 7) is 0. The number of fused-ring (bicyclic) bond motifs is 2. The van der Waals surface area contributed by atoms with Crippen molar-refractivity contribution < 1.29 is 4.79 Å². The molecule has 1 aliphatic carbocycles. The molecule has 2 aliphatic rings. The lowest BCUT2D eigenvalue weighted by atomic mass is 9.82. The van der Waals surface area contributed by atoms with E-state index in [1.165, 1.54) is 6.42 Å². The third-order valence-electron chi connectivity index (χ3n) is 4.65. The molecule has 4 rings (SSSR count). The van der Waals surface area contributed by atoms with Gasteiger partial charge in [-0.05, 0) is 37.1 Å². The zero-order chi connectivity index (χ0) is 14.9. The van der Waals surface area contributed by atoms with Gasteiger partial charge in [-0.3, -0.25) is 10.1 Å². The van der Waals surface area contributed by atoms with E-state index in [0.717, 1.165) is 36.1 Å². The van der Waals surface area contributed by atoms with Crippen LogP contribution in [0.5, 0.6) is 0 Å². The fraction of sp³-hybridized carbons (Fsp3) is 0.412. The minimum Gasteiger partial charge on any atom is -0.338 e. The van der Waals surface area contributed by atoms with Crippen LogP contribution in [0.1, 0.15) is 31.5 Å².